The number of nitrogens with one attached hydrogen (secondary N) is 3. The Labute approximate surface area is 288 Å². The summed E-state index contributed by atoms with van der Waals surface area (Å²) in [6.45, 7) is 16.6. The average Bonchev–Trinajstić information content (AvgIpc) is 3.77. The molecule has 0 amide bonds. The van der Waals surface area contributed by atoms with Crippen molar-refractivity contribution in [1.82, 2.24) is 25.4 Å². The van der Waals surface area contributed by atoms with E-state index in [1.807, 2.05) is 19.9 Å². The number of fused-ring (bicyclic) bond motifs is 8. The molecular formula is C38H50N6O5. The van der Waals surface area contributed by atoms with E-state index in [4.69, 9.17) is 30.3 Å². The minimum atomic E-state index is -0.654. The van der Waals surface area contributed by atoms with Gasteiger partial charge in [0.1, 0.15) is 0 Å². The van der Waals surface area contributed by atoms with Gasteiger partial charge < -0.3 is 24.4 Å². The number of aryl methyl sites for hydroxylation is 3. The Hall–Kier alpha value is -4.32. The predicted molar refractivity (Wildman–Crippen MR) is 192 cm³/mol. The second kappa shape index (κ2) is 15.9. The zero-order chi connectivity index (χ0) is 35.2. The molecule has 5 heterocycles. The number of rotatable bonds is 14. The van der Waals surface area contributed by atoms with E-state index in [9.17, 15) is 9.59 Å². The van der Waals surface area contributed by atoms with E-state index < -0.39 is 5.97 Å². The highest BCUT2D eigenvalue weighted by Gasteiger charge is 2.33. The predicted octanol–water partition coefficient (Wildman–Crippen LogP) is 7.20. The Kier molecular flexibility index (Phi) is 11.7. The van der Waals surface area contributed by atoms with E-state index in [-0.39, 0.29) is 11.8 Å². The number of hydrogen-bond donors (Lipinski definition) is 4. The molecule has 2 aliphatic heterocycles. The van der Waals surface area contributed by atoms with Crippen molar-refractivity contribution in [3.05, 3.63) is 68.8 Å². The summed E-state index contributed by atoms with van der Waals surface area (Å²) in [6.07, 6.45) is 6.05. The lowest BCUT2D eigenvalue weighted by molar-refractivity contribution is -0.137. The lowest BCUT2D eigenvalue weighted by atomic mass is 9.86. The number of carbonyl (C=O) groups is 2. The molecule has 2 atom stereocenters. The Morgan fingerprint density at radius 3 is 2.35 bits per heavy atom. The van der Waals surface area contributed by atoms with Crippen LogP contribution in [0.3, 0.4) is 0 Å². The molecule has 0 saturated heterocycles. The number of H-pyrrole nitrogens is 2. The van der Waals surface area contributed by atoms with Crippen LogP contribution in [0, 0.1) is 20.8 Å². The van der Waals surface area contributed by atoms with Gasteiger partial charge in [-0.2, -0.15) is 11.4 Å². The third-order valence-electron chi connectivity index (χ3n) is 10.1. The van der Waals surface area contributed by atoms with Gasteiger partial charge in [-0.25, -0.2) is 9.78 Å². The number of carbonyl (C=O) groups excluding carboxylic acids is 2. The molecule has 11 nitrogen and oxygen atoms in total. The smallest absolute Gasteiger partial charge is 0.359 e. The minimum Gasteiger partial charge on any atom is -0.377 e. The van der Waals surface area contributed by atoms with Crippen molar-refractivity contribution >= 4 is 45.7 Å². The molecule has 0 unspecified atom stereocenters. The van der Waals surface area contributed by atoms with Crippen LogP contribution in [0.2, 0.25) is 0 Å². The second-order valence-corrected chi connectivity index (χ2v) is 13.1. The Morgan fingerprint density at radius 2 is 1.65 bits per heavy atom. The summed E-state index contributed by atoms with van der Waals surface area (Å²) in [5.41, 5.74) is 15.8. The Bertz CT molecular complexity index is 1910. The minimum absolute atomic E-state index is 0.0129. The molecule has 3 aromatic rings. The number of ether oxygens (including phenoxy) is 1. The molecule has 5 rings (SSSR count). The van der Waals surface area contributed by atoms with E-state index in [1.54, 1.807) is 0 Å². The highest BCUT2D eigenvalue weighted by molar-refractivity contribution is 6.25. The number of hydroxylamine groups is 1. The van der Waals surface area contributed by atoms with E-state index in [1.165, 1.54) is 24.8 Å². The maximum Gasteiger partial charge on any atom is 0.359 e. The van der Waals surface area contributed by atoms with Crippen LogP contribution in [-0.2, 0) is 37.0 Å². The molecule has 8 bridgehead atoms. The number of aromatic nitrogens is 4. The third-order valence-corrected chi connectivity index (χ3v) is 10.1. The molecule has 11 heteroatoms. The first kappa shape index (κ1) is 36.0. The maximum atomic E-state index is 13.2. The maximum absolute atomic E-state index is 13.2. The molecule has 0 aliphatic carbocycles. The van der Waals surface area contributed by atoms with Gasteiger partial charge in [0, 0.05) is 64.0 Å². The van der Waals surface area contributed by atoms with Gasteiger partial charge in [-0.1, -0.05) is 40.0 Å². The summed E-state index contributed by atoms with van der Waals surface area (Å²) < 4.78 is 6.25. The van der Waals surface area contributed by atoms with Crippen molar-refractivity contribution in [3.63, 3.8) is 0 Å². The monoisotopic (exact) mass is 670 g/mol. The molecule has 262 valence electrons. The first-order valence-electron chi connectivity index (χ1n) is 17.4. The van der Waals surface area contributed by atoms with E-state index in [0.29, 0.717) is 48.6 Å². The highest BCUT2D eigenvalue weighted by atomic mass is 16.7. The van der Waals surface area contributed by atoms with E-state index >= 15 is 0 Å². The van der Waals surface area contributed by atoms with Crippen LogP contribution < -0.4 is 11.4 Å². The summed E-state index contributed by atoms with van der Waals surface area (Å²) in [7, 11) is 0. The molecular weight excluding hydrogens is 620 g/mol. The van der Waals surface area contributed by atoms with Crippen LogP contribution in [-0.4, -0.2) is 45.5 Å². The fourth-order valence-electron chi connectivity index (χ4n) is 7.16. The normalized spacial score (nSPS) is 15.9. The molecule has 49 heavy (non-hydrogen) atoms. The SMILES string of the molecule is CCCCCCOCc1c(C)c2cc3nc(c(C)c4nc(cc5[nH]c(cc1[nH]2)c(C)c5CC)C(C)=C4C(=O)ON)[C@@H](CCNOC=O)[C@@H]3C. The molecule has 0 aromatic carbocycles. The van der Waals surface area contributed by atoms with Gasteiger partial charge in [-0.3, -0.25) is 9.78 Å². The van der Waals surface area contributed by atoms with Gasteiger partial charge in [0.05, 0.1) is 23.6 Å². The summed E-state index contributed by atoms with van der Waals surface area (Å²) in [6, 6.07) is 6.30. The lowest BCUT2D eigenvalue weighted by Gasteiger charge is -2.17. The summed E-state index contributed by atoms with van der Waals surface area (Å²) in [5, 5.41) is 0. The summed E-state index contributed by atoms with van der Waals surface area (Å²) in [4.78, 5) is 51.1. The van der Waals surface area contributed by atoms with Crippen LogP contribution in [0.15, 0.2) is 18.2 Å². The number of unbranched alkanes of at least 4 members (excludes halogenated alkanes) is 3. The topological polar surface area (TPSA) is 157 Å². The van der Waals surface area contributed by atoms with Crippen LogP contribution in [0.1, 0.15) is 122 Å². The highest BCUT2D eigenvalue weighted by Crippen LogP contribution is 2.42. The second-order valence-electron chi connectivity index (χ2n) is 13.1. The van der Waals surface area contributed by atoms with Gasteiger partial charge >= 0.3 is 12.4 Å². The zero-order valence-electron chi connectivity index (χ0n) is 29.8. The molecule has 2 aliphatic rings. The van der Waals surface area contributed by atoms with Crippen molar-refractivity contribution in [2.45, 2.75) is 105 Å². The number of allylic oxidation sites excluding steroid dienone is 1. The van der Waals surface area contributed by atoms with Gasteiger partial charge in [0.15, 0.2) is 0 Å². The Balaban J connectivity index is 1.81. The molecule has 0 saturated carbocycles. The largest absolute Gasteiger partial charge is 0.377 e. The number of aromatic amines is 2. The zero-order valence-corrected chi connectivity index (χ0v) is 29.8. The molecule has 0 fully saturated rings. The van der Waals surface area contributed by atoms with Crippen molar-refractivity contribution in [1.29, 1.82) is 0 Å². The van der Waals surface area contributed by atoms with Crippen molar-refractivity contribution in [2.75, 3.05) is 13.2 Å². The van der Waals surface area contributed by atoms with Crippen molar-refractivity contribution in [2.24, 2.45) is 5.90 Å². The van der Waals surface area contributed by atoms with Gasteiger partial charge in [0.25, 0.3) is 0 Å². The van der Waals surface area contributed by atoms with Crippen LogP contribution in [0.25, 0.3) is 33.2 Å². The van der Waals surface area contributed by atoms with Gasteiger partial charge in [-0.05, 0) is 93.0 Å². The van der Waals surface area contributed by atoms with E-state index in [0.717, 1.165) is 75.2 Å². The van der Waals surface area contributed by atoms with Crippen LogP contribution in [0.5, 0.6) is 0 Å². The lowest BCUT2D eigenvalue weighted by Crippen LogP contribution is -2.19. The van der Waals surface area contributed by atoms with Crippen molar-refractivity contribution < 1.29 is 24.0 Å². The summed E-state index contributed by atoms with van der Waals surface area (Å²) >= 11 is 0. The average molecular weight is 671 g/mol. The third kappa shape index (κ3) is 7.34. The van der Waals surface area contributed by atoms with Gasteiger partial charge in [-0.15, -0.1) is 0 Å². The van der Waals surface area contributed by atoms with Crippen LogP contribution >= 0.6 is 0 Å². The Morgan fingerprint density at radius 1 is 0.939 bits per heavy atom. The quantitative estimate of drug-likeness (QED) is 0.0791. The summed E-state index contributed by atoms with van der Waals surface area (Å²) in [5.74, 6) is 4.76. The standard InChI is InChI=1S/C38H50N6O5/c1-8-10-11-12-15-47-19-28-23(5)29-16-31-22(4)27(13-14-40-48-20-45)36(43-31)25(7)37-35(38(46)49-39)24(6)32(44-37)18-33-26(9-2)21(3)30(41-33)17-34(28)42-29/h16-18,20,22,27,40-42H,8-15,19,39H2,1-7H3/t22-,27-/m0/s1. The molecule has 5 N–H and O–H groups in total. The van der Waals surface area contributed by atoms with Crippen LogP contribution in [0.4, 0.5) is 0 Å². The first-order valence-corrected chi connectivity index (χ1v) is 17.4. The fourth-order valence-corrected chi connectivity index (χ4v) is 7.16. The molecule has 0 radical (unpaired) electrons. The molecule has 0 spiro atoms. The number of nitrogens with two attached hydrogens (primary N) is 1. The molecule has 3 aromatic heterocycles. The number of nitrogens with zero attached hydrogens (tertiary/aromatic N) is 2. The van der Waals surface area contributed by atoms with E-state index in [2.05, 4.69) is 62.2 Å². The number of hydrogen-bond acceptors (Lipinski definition) is 9. The first-order chi connectivity index (χ1) is 23.6. The van der Waals surface area contributed by atoms with Crippen molar-refractivity contribution in [3.8, 4) is 0 Å². The fraction of sp³-hybridized carbons (Fsp3) is 0.474. The van der Waals surface area contributed by atoms with Gasteiger partial charge in [0.2, 0.25) is 0 Å².